The van der Waals surface area contributed by atoms with Crippen molar-refractivity contribution in [1.29, 1.82) is 5.41 Å². The number of carbonyl (C=O) groups is 1. The molecule has 0 atom stereocenters. The van der Waals surface area contributed by atoms with Crippen molar-refractivity contribution in [3.8, 4) is 22.5 Å². The van der Waals surface area contributed by atoms with Crippen LogP contribution >= 0.6 is 0 Å². The Bertz CT molecular complexity index is 1410. The van der Waals surface area contributed by atoms with Crippen molar-refractivity contribution in [2.45, 2.75) is 13.8 Å². The van der Waals surface area contributed by atoms with E-state index in [2.05, 4.69) is 15.3 Å². The predicted octanol–water partition coefficient (Wildman–Crippen LogP) is 6.03. The number of halogens is 2. The van der Waals surface area contributed by atoms with Gasteiger partial charge in [-0.3, -0.25) is 4.79 Å². The molecule has 0 saturated carbocycles. The van der Waals surface area contributed by atoms with E-state index in [-0.39, 0.29) is 5.82 Å². The number of anilines is 1. The number of aryl methyl sites for hydroxylation is 1. The molecule has 2 aromatic heterocycles. The average molecular weight is 457 g/mol. The molecule has 0 aliphatic rings. The van der Waals surface area contributed by atoms with Gasteiger partial charge in [-0.2, -0.15) is 0 Å². The van der Waals surface area contributed by atoms with Gasteiger partial charge in [0.15, 0.2) is 0 Å². The molecule has 2 aromatic carbocycles. The molecule has 3 N–H and O–H groups in total. The number of amides is 1. The van der Waals surface area contributed by atoms with Crippen molar-refractivity contribution >= 4 is 23.5 Å². The largest absolute Gasteiger partial charge is 0.338 e. The predicted molar refractivity (Wildman–Crippen MR) is 129 cm³/mol. The summed E-state index contributed by atoms with van der Waals surface area (Å²) in [6.07, 6.45) is 4.34. The fourth-order valence-electron chi connectivity index (χ4n) is 3.42. The summed E-state index contributed by atoms with van der Waals surface area (Å²) in [5.41, 5.74) is 4.20. The number of allylic oxidation sites excluding steroid dienone is 2. The van der Waals surface area contributed by atoms with Crippen LogP contribution in [-0.2, 0) is 0 Å². The van der Waals surface area contributed by atoms with Crippen LogP contribution in [0.25, 0.3) is 28.1 Å². The van der Waals surface area contributed by atoms with Gasteiger partial charge in [-0.15, -0.1) is 0 Å². The quantitative estimate of drug-likeness (QED) is 0.309. The summed E-state index contributed by atoms with van der Waals surface area (Å²) in [6, 6.07) is 13.4. The molecule has 4 aromatic rings. The number of nitrogens with one attached hydrogen (secondary N) is 3. The zero-order valence-electron chi connectivity index (χ0n) is 18.5. The van der Waals surface area contributed by atoms with Crippen LogP contribution < -0.4 is 5.32 Å². The Morgan fingerprint density at radius 3 is 2.53 bits per heavy atom. The van der Waals surface area contributed by atoms with Crippen molar-refractivity contribution in [3.05, 3.63) is 95.5 Å². The van der Waals surface area contributed by atoms with Gasteiger partial charge in [0.1, 0.15) is 23.3 Å². The van der Waals surface area contributed by atoms with E-state index < -0.39 is 11.7 Å². The van der Waals surface area contributed by atoms with E-state index in [4.69, 9.17) is 10.4 Å². The van der Waals surface area contributed by atoms with Gasteiger partial charge in [0.25, 0.3) is 5.91 Å². The normalized spacial score (nSPS) is 11.4. The third-order valence-corrected chi connectivity index (χ3v) is 5.24. The Balaban J connectivity index is 1.75. The zero-order valence-corrected chi connectivity index (χ0v) is 18.5. The summed E-state index contributed by atoms with van der Waals surface area (Å²) in [5, 5.41) is 10.1. The molecule has 0 radical (unpaired) electrons. The minimum Gasteiger partial charge on any atom is -0.338 e. The van der Waals surface area contributed by atoms with Crippen molar-refractivity contribution < 1.29 is 13.6 Å². The number of carbonyl (C=O) groups excluding carboxylic acids is 1. The molecule has 0 aliphatic heterocycles. The van der Waals surface area contributed by atoms with Crippen LogP contribution in [0.1, 0.15) is 28.7 Å². The summed E-state index contributed by atoms with van der Waals surface area (Å²) in [4.78, 5) is 24.7. The molecule has 170 valence electrons. The lowest BCUT2D eigenvalue weighted by atomic mass is 10.0. The SMILES string of the molecule is C/C(=C/C=N)c1nc(-c2ccc(F)c(C)c2)c(-c2ccnc(NC(=O)c3ccc(F)cc3)c2)[nH]1. The summed E-state index contributed by atoms with van der Waals surface area (Å²) < 4.78 is 27.0. The molecule has 2 heterocycles. The van der Waals surface area contributed by atoms with Crippen LogP contribution in [0.4, 0.5) is 14.6 Å². The van der Waals surface area contributed by atoms with E-state index >= 15 is 0 Å². The lowest BCUT2D eigenvalue weighted by Crippen LogP contribution is -2.12. The van der Waals surface area contributed by atoms with Crippen LogP contribution in [0, 0.1) is 24.0 Å². The summed E-state index contributed by atoms with van der Waals surface area (Å²) in [7, 11) is 0. The second kappa shape index (κ2) is 9.58. The van der Waals surface area contributed by atoms with E-state index in [0.717, 1.165) is 5.57 Å². The molecule has 0 bridgehead atoms. The van der Waals surface area contributed by atoms with Gasteiger partial charge in [0.05, 0.1) is 11.4 Å². The first-order valence-corrected chi connectivity index (χ1v) is 10.4. The fraction of sp³-hybridized carbons (Fsp3) is 0.0769. The number of nitrogens with zero attached hydrogens (tertiary/aromatic N) is 2. The van der Waals surface area contributed by atoms with Crippen LogP contribution in [0.3, 0.4) is 0 Å². The lowest BCUT2D eigenvalue weighted by Gasteiger charge is -2.08. The van der Waals surface area contributed by atoms with Crippen molar-refractivity contribution in [2.24, 2.45) is 0 Å². The van der Waals surface area contributed by atoms with Crippen LogP contribution in [-0.4, -0.2) is 27.1 Å². The van der Waals surface area contributed by atoms with Crippen LogP contribution in [0.5, 0.6) is 0 Å². The minimum atomic E-state index is -0.428. The zero-order chi connectivity index (χ0) is 24.2. The van der Waals surface area contributed by atoms with Gasteiger partial charge in [0.2, 0.25) is 0 Å². The van der Waals surface area contributed by atoms with E-state index in [0.29, 0.717) is 45.3 Å². The Labute approximate surface area is 194 Å². The first-order chi connectivity index (χ1) is 16.4. The number of aromatic nitrogens is 3. The van der Waals surface area contributed by atoms with Crippen LogP contribution in [0.15, 0.2) is 66.9 Å². The Morgan fingerprint density at radius 2 is 1.82 bits per heavy atom. The van der Waals surface area contributed by atoms with Gasteiger partial charge in [-0.25, -0.2) is 18.7 Å². The van der Waals surface area contributed by atoms with Crippen molar-refractivity contribution in [1.82, 2.24) is 15.0 Å². The molecule has 8 heteroatoms. The smallest absolute Gasteiger partial charge is 0.256 e. The highest BCUT2D eigenvalue weighted by atomic mass is 19.1. The van der Waals surface area contributed by atoms with Gasteiger partial charge < -0.3 is 15.7 Å². The highest BCUT2D eigenvalue weighted by molar-refractivity contribution is 6.04. The van der Waals surface area contributed by atoms with Gasteiger partial charge in [-0.1, -0.05) is 0 Å². The molecule has 0 saturated heterocycles. The number of aromatic amines is 1. The number of benzene rings is 2. The molecule has 0 spiro atoms. The Kier molecular flexibility index (Phi) is 6.40. The number of imidazole rings is 1. The standard InChI is InChI=1S/C26H21F2N5O/c1-15(9-11-29)25-32-23(18-5-8-21(28)16(2)13-18)24(33-25)19-10-12-30-22(14-19)31-26(34)17-3-6-20(27)7-4-17/h3-14,29H,1-2H3,(H,32,33)(H,30,31,34)/b15-9-,29-11?. The average Bonchev–Trinajstić information content (AvgIpc) is 3.27. The number of rotatable bonds is 6. The fourth-order valence-corrected chi connectivity index (χ4v) is 3.42. The van der Waals surface area contributed by atoms with E-state index in [9.17, 15) is 13.6 Å². The summed E-state index contributed by atoms with van der Waals surface area (Å²) in [5.74, 6) is -0.299. The molecule has 0 unspecified atom stereocenters. The topological polar surface area (TPSA) is 94.5 Å². The molecular weight excluding hydrogens is 436 g/mol. The van der Waals surface area contributed by atoms with Crippen molar-refractivity contribution in [3.63, 3.8) is 0 Å². The van der Waals surface area contributed by atoms with E-state index in [1.165, 1.54) is 36.5 Å². The maximum atomic E-state index is 13.9. The number of H-pyrrole nitrogens is 1. The lowest BCUT2D eigenvalue weighted by molar-refractivity contribution is 0.102. The Hall–Kier alpha value is -4.46. The van der Waals surface area contributed by atoms with Gasteiger partial charge in [-0.05, 0) is 85.7 Å². The monoisotopic (exact) mass is 457 g/mol. The molecule has 0 fully saturated rings. The minimum absolute atomic E-state index is 0.298. The molecule has 6 nitrogen and oxygen atoms in total. The molecule has 0 aliphatic carbocycles. The third kappa shape index (κ3) is 4.80. The molecule has 34 heavy (non-hydrogen) atoms. The van der Waals surface area contributed by atoms with E-state index in [1.54, 1.807) is 43.5 Å². The summed E-state index contributed by atoms with van der Waals surface area (Å²) >= 11 is 0. The second-order valence-electron chi connectivity index (χ2n) is 7.68. The Morgan fingerprint density at radius 1 is 1.06 bits per heavy atom. The number of hydrogen-bond donors (Lipinski definition) is 3. The number of pyridine rings is 1. The van der Waals surface area contributed by atoms with Gasteiger partial charge >= 0.3 is 0 Å². The molecule has 4 rings (SSSR count). The third-order valence-electron chi connectivity index (χ3n) is 5.24. The molecule has 1 amide bonds. The highest BCUT2D eigenvalue weighted by Crippen LogP contribution is 2.33. The number of hydrogen-bond acceptors (Lipinski definition) is 4. The maximum absolute atomic E-state index is 13.9. The second-order valence-corrected chi connectivity index (χ2v) is 7.68. The van der Waals surface area contributed by atoms with Crippen LogP contribution in [0.2, 0.25) is 0 Å². The highest BCUT2D eigenvalue weighted by Gasteiger charge is 2.17. The first kappa shape index (κ1) is 22.7. The van der Waals surface area contributed by atoms with Crippen molar-refractivity contribution in [2.75, 3.05) is 5.32 Å². The van der Waals surface area contributed by atoms with E-state index in [1.807, 2.05) is 6.92 Å². The molecular formula is C26H21F2N5O. The summed E-state index contributed by atoms with van der Waals surface area (Å²) in [6.45, 7) is 3.51. The van der Waals surface area contributed by atoms with Gasteiger partial charge in [0, 0.05) is 29.1 Å². The first-order valence-electron chi connectivity index (χ1n) is 10.4. The maximum Gasteiger partial charge on any atom is 0.256 e.